The van der Waals surface area contributed by atoms with Crippen molar-refractivity contribution in [2.24, 2.45) is 0 Å². The Morgan fingerprint density at radius 3 is 2.71 bits per heavy atom. The van der Waals surface area contributed by atoms with Gasteiger partial charge >= 0.3 is 0 Å². The zero-order chi connectivity index (χ0) is 12.7. The molecule has 5 nitrogen and oxygen atoms in total. The van der Waals surface area contributed by atoms with Crippen LogP contribution in [0.4, 0.5) is 0 Å². The molecule has 1 fully saturated rings. The Labute approximate surface area is 105 Å². The Balaban J connectivity index is 2.57. The average molecular weight is 264 g/mol. The van der Waals surface area contributed by atoms with E-state index in [0.717, 1.165) is 19.4 Å². The van der Waals surface area contributed by atoms with Gasteiger partial charge in [0.05, 0.1) is 11.9 Å². The first-order chi connectivity index (χ1) is 8.12. The molecule has 1 rings (SSSR count). The van der Waals surface area contributed by atoms with Crippen LogP contribution < -0.4 is 5.32 Å². The molecule has 1 atom stereocenters. The molecule has 6 heteroatoms. The first kappa shape index (κ1) is 14.9. The highest BCUT2D eigenvalue weighted by Crippen LogP contribution is 2.16. The van der Waals surface area contributed by atoms with E-state index in [9.17, 15) is 8.42 Å². The number of piperidine rings is 1. The number of rotatable bonds is 7. The van der Waals surface area contributed by atoms with Crippen molar-refractivity contribution in [3.05, 3.63) is 0 Å². The maximum Gasteiger partial charge on any atom is 0.218 e. The van der Waals surface area contributed by atoms with Gasteiger partial charge in [0.2, 0.25) is 10.0 Å². The van der Waals surface area contributed by atoms with Crippen LogP contribution in [0.5, 0.6) is 0 Å². The Bertz CT molecular complexity index is 300. The molecule has 0 radical (unpaired) electrons. The van der Waals surface area contributed by atoms with Crippen LogP contribution in [-0.2, 0) is 14.8 Å². The summed E-state index contributed by atoms with van der Waals surface area (Å²) in [6.07, 6.45) is 1.70. The van der Waals surface area contributed by atoms with E-state index in [4.69, 9.17) is 4.74 Å². The topological polar surface area (TPSA) is 58.6 Å². The molecule has 0 aromatic heterocycles. The molecule has 0 aromatic carbocycles. The standard InChI is InChI=1S/C11H24N2O3S/c1-3-13(8-9-16-4-2)17(14,15)11-6-5-7-12-10-11/h11-12H,3-10H2,1-2H3. The lowest BCUT2D eigenvalue weighted by molar-refractivity contribution is 0.135. The van der Waals surface area contributed by atoms with Crippen molar-refractivity contribution in [2.45, 2.75) is 31.9 Å². The highest BCUT2D eigenvalue weighted by molar-refractivity contribution is 7.89. The van der Waals surface area contributed by atoms with Gasteiger partial charge in [0, 0.05) is 26.2 Å². The van der Waals surface area contributed by atoms with Crippen molar-refractivity contribution < 1.29 is 13.2 Å². The molecule has 1 aliphatic heterocycles. The van der Waals surface area contributed by atoms with Gasteiger partial charge in [0.25, 0.3) is 0 Å². The second kappa shape index (κ2) is 7.31. The Kier molecular flexibility index (Phi) is 6.40. The van der Waals surface area contributed by atoms with Gasteiger partial charge in [-0.1, -0.05) is 6.92 Å². The van der Waals surface area contributed by atoms with E-state index in [1.807, 2.05) is 13.8 Å². The Morgan fingerprint density at radius 2 is 2.18 bits per heavy atom. The summed E-state index contributed by atoms with van der Waals surface area (Å²) in [5, 5.41) is 2.88. The van der Waals surface area contributed by atoms with E-state index in [0.29, 0.717) is 32.8 Å². The van der Waals surface area contributed by atoms with Gasteiger partial charge in [-0.3, -0.25) is 0 Å². The lowest BCUT2D eigenvalue weighted by Crippen LogP contribution is -2.47. The number of likely N-dealkylation sites (N-methyl/N-ethyl adjacent to an activating group) is 1. The van der Waals surface area contributed by atoms with Crippen molar-refractivity contribution in [1.29, 1.82) is 0 Å². The molecular formula is C11H24N2O3S. The van der Waals surface area contributed by atoms with Crippen molar-refractivity contribution >= 4 is 10.0 Å². The summed E-state index contributed by atoms with van der Waals surface area (Å²) >= 11 is 0. The molecule has 0 aromatic rings. The van der Waals surface area contributed by atoms with Gasteiger partial charge in [-0.25, -0.2) is 8.42 Å². The van der Waals surface area contributed by atoms with Gasteiger partial charge in [0.1, 0.15) is 0 Å². The minimum Gasteiger partial charge on any atom is -0.380 e. The van der Waals surface area contributed by atoms with E-state index in [1.54, 1.807) is 4.31 Å². The lowest BCUT2D eigenvalue weighted by atomic mass is 10.2. The molecule has 1 heterocycles. The van der Waals surface area contributed by atoms with E-state index in [2.05, 4.69) is 5.32 Å². The van der Waals surface area contributed by atoms with Crippen LogP contribution in [0.2, 0.25) is 0 Å². The van der Waals surface area contributed by atoms with Crippen LogP contribution in [0.25, 0.3) is 0 Å². The second-order valence-electron chi connectivity index (χ2n) is 4.20. The van der Waals surface area contributed by atoms with Crippen LogP contribution in [0.15, 0.2) is 0 Å². The summed E-state index contributed by atoms with van der Waals surface area (Å²) in [6.45, 7) is 7.38. The molecule has 0 aliphatic carbocycles. The van der Waals surface area contributed by atoms with Gasteiger partial charge in [-0.15, -0.1) is 0 Å². The molecule has 1 saturated heterocycles. The maximum absolute atomic E-state index is 12.3. The zero-order valence-corrected chi connectivity index (χ0v) is 11.6. The van der Waals surface area contributed by atoms with Gasteiger partial charge in [-0.2, -0.15) is 4.31 Å². The summed E-state index contributed by atoms with van der Waals surface area (Å²) in [5.74, 6) is 0. The van der Waals surface area contributed by atoms with Crippen molar-refractivity contribution in [3.8, 4) is 0 Å². The normalized spacial score (nSPS) is 21.9. The smallest absolute Gasteiger partial charge is 0.218 e. The summed E-state index contributed by atoms with van der Waals surface area (Å²) < 4.78 is 31.5. The summed E-state index contributed by atoms with van der Waals surface area (Å²) in [4.78, 5) is 0. The van der Waals surface area contributed by atoms with Crippen LogP contribution in [0, 0.1) is 0 Å². The third-order valence-corrected chi connectivity index (χ3v) is 5.48. The monoisotopic (exact) mass is 264 g/mol. The summed E-state index contributed by atoms with van der Waals surface area (Å²) in [7, 11) is -3.16. The predicted molar refractivity (Wildman–Crippen MR) is 68.6 cm³/mol. The molecule has 102 valence electrons. The summed E-state index contributed by atoms with van der Waals surface area (Å²) in [6, 6.07) is 0. The molecule has 0 amide bonds. The van der Waals surface area contributed by atoms with Crippen LogP contribution >= 0.6 is 0 Å². The molecular weight excluding hydrogens is 240 g/mol. The number of sulfonamides is 1. The average Bonchev–Trinajstić information content (AvgIpc) is 2.35. The van der Waals surface area contributed by atoms with Gasteiger partial charge in [0.15, 0.2) is 0 Å². The number of nitrogens with zero attached hydrogens (tertiary/aromatic N) is 1. The molecule has 0 spiro atoms. The number of hydrogen-bond acceptors (Lipinski definition) is 4. The molecule has 1 N–H and O–H groups in total. The molecule has 1 unspecified atom stereocenters. The number of nitrogens with one attached hydrogen (secondary N) is 1. The number of hydrogen-bond donors (Lipinski definition) is 1. The first-order valence-electron chi connectivity index (χ1n) is 6.40. The second-order valence-corrected chi connectivity index (χ2v) is 6.41. The molecule has 17 heavy (non-hydrogen) atoms. The SMILES string of the molecule is CCOCCN(CC)S(=O)(=O)C1CCCNC1. The molecule has 1 aliphatic rings. The molecule has 0 saturated carbocycles. The maximum atomic E-state index is 12.3. The predicted octanol–water partition coefficient (Wildman–Crippen LogP) is 0.427. The minimum atomic E-state index is -3.16. The third kappa shape index (κ3) is 4.21. The van der Waals surface area contributed by atoms with E-state index in [1.165, 1.54) is 0 Å². The number of ether oxygens (including phenoxy) is 1. The van der Waals surface area contributed by atoms with Crippen molar-refractivity contribution in [1.82, 2.24) is 9.62 Å². The third-order valence-electron chi connectivity index (χ3n) is 3.07. The van der Waals surface area contributed by atoms with Crippen LogP contribution in [0.1, 0.15) is 26.7 Å². The van der Waals surface area contributed by atoms with Crippen molar-refractivity contribution in [3.63, 3.8) is 0 Å². The molecule has 0 bridgehead atoms. The van der Waals surface area contributed by atoms with Crippen LogP contribution in [0.3, 0.4) is 0 Å². The highest BCUT2D eigenvalue weighted by Gasteiger charge is 2.31. The highest BCUT2D eigenvalue weighted by atomic mass is 32.2. The van der Waals surface area contributed by atoms with Crippen LogP contribution in [-0.4, -0.2) is 57.4 Å². The fourth-order valence-corrected chi connectivity index (χ4v) is 3.96. The van der Waals surface area contributed by atoms with E-state index >= 15 is 0 Å². The lowest BCUT2D eigenvalue weighted by Gasteiger charge is -2.29. The fourth-order valence-electron chi connectivity index (χ4n) is 2.06. The fraction of sp³-hybridized carbons (Fsp3) is 1.00. The minimum absolute atomic E-state index is 0.266. The Hall–Kier alpha value is -0.170. The van der Waals surface area contributed by atoms with E-state index < -0.39 is 10.0 Å². The zero-order valence-electron chi connectivity index (χ0n) is 10.8. The first-order valence-corrected chi connectivity index (χ1v) is 7.90. The van der Waals surface area contributed by atoms with Gasteiger partial charge < -0.3 is 10.1 Å². The quantitative estimate of drug-likeness (QED) is 0.677. The largest absolute Gasteiger partial charge is 0.380 e. The van der Waals surface area contributed by atoms with Crippen molar-refractivity contribution in [2.75, 3.05) is 39.4 Å². The Morgan fingerprint density at radius 1 is 1.41 bits per heavy atom. The van der Waals surface area contributed by atoms with E-state index in [-0.39, 0.29) is 5.25 Å². The van der Waals surface area contributed by atoms with Gasteiger partial charge in [-0.05, 0) is 26.3 Å². The summed E-state index contributed by atoms with van der Waals surface area (Å²) in [5.41, 5.74) is 0.